The molecule has 2 aliphatic carbocycles. The summed E-state index contributed by atoms with van der Waals surface area (Å²) in [4.78, 5) is 4.40. The first-order chi connectivity index (χ1) is 8.70. The van der Waals surface area contributed by atoms with Crippen LogP contribution in [0.15, 0.2) is 18.2 Å². The molecule has 1 heterocycles. The summed E-state index contributed by atoms with van der Waals surface area (Å²) in [7, 11) is 0. The summed E-state index contributed by atoms with van der Waals surface area (Å²) < 4.78 is 0. The lowest BCUT2D eigenvalue weighted by Crippen LogP contribution is -2.40. The predicted molar refractivity (Wildman–Crippen MR) is 77.6 cm³/mol. The van der Waals surface area contributed by atoms with E-state index in [0.717, 1.165) is 23.3 Å². The summed E-state index contributed by atoms with van der Waals surface area (Å²) in [6.07, 6.45) is 5.47. The minimum absolute atomic E-state index is 0.577. The lowest BCUT2D eigenvalue weighted by Gasteiger charge is -2.24. The highest BCUT2D eigenvalue weighted by Gasteiger charge is 2.39. The van der Waals surface area contributed by atoms with Crippen LogP contribution in [-0.4, -0.2) is 16.1 Å². The van der Waals surface area contributed by atoms with Crippen LogP contribution in [-0.2, 0) is 0 Å². The first-order valence-electron chi connectivity index (χ1n) is 6.72. The maximum absolute atomic E-state index is 5.37. The van der Waals surface area contributed by atoms with Crippen molar-refractivity contribution in [3.8, 4) is 0 Å². The van der Waals surface area contributed by atoms with Crippen molar-refractivity contribution in [3.05, 3.63) is 23.9 Å². The van der Waals surface area contributed by atoms with E-state index in [4.69, 9.17) is 12.2 Å². The SMILES string of the molecule is Cc1cccc(NC(=S)N[C@H]2C[C@H]3CC[C@H]2C3)n1. The third kappa shape index (κ3) is 2.48. The van der Waals surface area contributed by atoms with Crippen LogP contribution in [0.1, 0.15) is 31.4 Å². The molecule has 0 aliphatic heterocycles. The second-order valence-electron chi connectivity index (χ2n) is 5.54. The standard InChI is InChI=1S/C14H19N3S/c1-9-3-2-4-13(15-9)17-14(18)16-12-8-10-5-6-11(12)7-10/h2-4,10-12H,5-8H2,1H3,(H2,15,16,17,18)/t10-,11-,12-/m0/s1. The zero-order valence-corrected chi connectivity index (χ0v) is 11.5. The molecular formula is C14H19N3S. The number of fused-ring (bicyclic) bond motifs is 2. The summed E-state index contributed by atoms with van der Waals surface area (Å²) in [5.41, 5.74) is 1.00. The molecular weight excluding hydrogens is 242 g/mol. The smallest absolute Gasteiger partial charge is 0.172 e. The van der Waals surface area contributed by atoms with E-state index in [1.54, 1.807) is 0 Å². The van der Waals surface area contributed by atoms with Crippen molar-refractivity contribution in [2.75, 3.05) is 5.32 Å². The van der Waals surface area contributed by atoms with Crippen molar-refractivity contribution in [2.24, 2.45) is 11.8 Å². The summed E-state index contributed by atoms with van der Waals surface area (Å²) in [5.74, 6) is 2.60. The summed E-state index contributed by atoms with van der Waals surface area (Å²) >= 11 is 5.37. The Morgan fingerprint density at radius 1 is 1.33 bits per heavy atom. The van der Waals surface area contributed by atoms with Gasteiger partial charge >= 0.3 is 0 Å². The number of nitrogens with zero attached hydrogens (tertiary/aromatic N) is 1. The van der Waals surface area contributed by atoms with Crippen LogP contribution in [0.5, 0.6) is 0 Å². The molecule has 2 aliphatic rings. The van der Waals surface area contributed by atoms with Crippen molar-refractivity contribution < 1.29 is 0 Å². The molecule has 1 aromatic rings. The Kier molecular flexibility index (Phi) is 3.20. The molecule has 3 rings (SSSR count). The van der Waals surface area contributed by atoms with Gasteiger partial charge in [0.25, 0.3) is 0 Å². The minimum atomic E-state index is 0.577. The Hall–Kier alpha value is -1.16. The average Bonchev–Trinajstić information content (AvgIpc) is 2.90. The van der Waals surface area contributed by atoms with Crippen LogP contribution < -0.4 is 10.6 Å². The third-order valence-electron chi connectivity index (χ3n) is 4.18. The fourth-order valence-corrected chi connectivity index (χ4v) is 3.61. The van der Waals surface area contributed by atoms with Crippen molar-refractivity contribution in [2.45, 2.75) is 38.6 Å². The maximum atomic E-state index is 5.37. The fraction of sp³-hybridized carbons (Fsp3) is 0.571. The predicted octanol–water partition coefficient (Wildman–Crippen LogP) is 2.87. The van der Waals surface area contributed by atoms with Crippen LogP contribution in [0.3, 0.4) is 0 Å². The molecule has 1 aromatic heterocycles. The van der Waals surface area contributed by atoms with E-state index < -0.39 is 0 Å². The second-order valence-corrected chi connectivity index (χ2v) is 5.95. The van der Waals surface area contributed by atoms with Crippen LogP contribution in [0.25, 0.3) is 0 Å². The lowest BCUT2D eigenvalue weighted by atomic mass is 9.96. The Bertz CT molecular complexity index is 460. The van der Waals surface area contributed by atoms with Gasteiger partial charge in [0, 0.05) is 11.7 Å². The van der Waals surface area contributed by atoms with Gasteiger partial charge in [0.05, 0.1) is 0 Å². The molecule has 0 radical (unpaired) electrons. The number of nitrogens with one attached hydrogen (secondary N) is 2. The number of thiocarbonyl (C=S) groups is 1. The zero-order chi connectivity index (χ0) is 12.5. The number of hydrogen-bond donors (Lipinski definition) is 2. The highest BCUT2D eigenvalue weighted by molar-refractivity contribution is 7.80. The van der Waals surface area contributed by atoms with E-state index in [-0.39, 0.29) is 0 Å². The molecule has 2 N–H and O–H groups in total. The molecule has 3 atom stereocenters. The molecule has 0 aromatic carbocycles. The van der Waals surface area contributed by atoms with Crippen LogP contribution in [0.4, 0.5) is 5.82 Å². The van der Waals surface area contributed by atoms with Crippen LogP contribution >= 0.6 is 12.2 Å². The number of aryl methyl sites for hydroxylation is 1. The molecule has 4 heteroatoms. The van der Waals surface area contributed by atoms with Crippen LogP contribution in [0.2, 0.25) is 0 Å². The molecule has 2 saturated carbocycles. The Morgan fingerprint density at radius 3 is 2.89 bits per heavy atom. The van der Waals surface area contributed by atoms with E-state index in [1.165, 1.54) is 25.7 Å². The normalized spacial score (nSPS) is 29.3. The molecule has 2 bridgehead atoms. The van der Waals surface area contributed by atoms with E-state index >= 15 is 0 Å². The van der Waals surface area contributed by atoms with Gasteiger partial charge in [0.1, 0.15) is 5.82 Å². The van der Waals surface area contributed by atoms with Crippen molar-refractivity contribution in [1.82, 2.24) is 10.3 Å². The molecule has 18 heavy (non-hydrogen) atoms. The highest BCUT2D eigenvalue weighted by atomic mass is 32.1. The number of pyridine rings is 1. The highest BCUT2D eigenvalue weighted by Crippen LogP contribution is 2.44. The van der Waals surface area contributed by atoms with Gasteiger partial charge in [-0.3, -0.25) is 0 Å². The molecule has 3 nitrogen and oxygen atoms in total. The molecule has 2 fully saturated rings. The molecule has 96 valence electrons. The van der Waals surface area contributed by atoms with Crippen LogP contribution in [0, 0.1) is 18.8 Å². The molecule has 0 saturated heterocycles. The quantitative estimate of drug-likeness (QED) is 0.803. The molecule has 0 amide bonds. The zero-order valence-electron chi connectivity index (χ0n) is 10.6. The van der Waals surface area contributed by atoms with Crippen molar-refractivity contribution in [3.63, 3.8) is 0 Å². The van der Waals surface area contributed by atoms with Gasteiger partial charge in [-0.25, -0.2) is 4.98 Å². The molecule has 0 spiro atoms. The first-order valence-corrected chi connectivity index (χ1v) is 7.13. The minimum Gasteiger partial charge on any atom is -0.359 e. The van der Waals surface area contributed by atoms with E-state index in [2.05, 4.69) is 15.6 Å². The number of aromatic nitrogens is 1. The summed E-state index contributed by atoms with van der Waals surface area (Å²) in [5, 5.41) is 7.35. The third-order valence-corrected chi connectivity index (χ3v) is 4.40. The summed E-state index contributed by atoms with van der Waals surface area (Å²) in [6, 6.07) is 6.50. The van der Waals surface area contributed by atoms with Gasteiger partial charge in [-0.15, -0.1) is 0 Å². The topological polar surface area (TPSA) is 37.0 Å². The van der Waals surface area contributed by atoms with E-state index in [1.807, 2.05) is 25.1 Å². The maximum Gasteiger partial charge on any atom is 0.172 e. The number of hydrogen-bond acceptors (Lipinski definition) is 2. The monoisotopic (exact) mass is 261 g/mol. The Morgan fingerprint density at radius 2 is 2.22 bits per heavy atom. The van der Waals surface area contributed by atoms with Gasteiger partial charge in [-0.1, -0.05) is 12.5 Å². The van der Waals surface area contributed by atoms with Gasteiger partial charge in [-0.2, -0.15) is 0 Å². The lowest BCUT2D eigenvalue weighted by molar-refractivity contribution is 0.392. The van der Waals surface area contributed by atoms with Gasteiger partial charge in [-0.05, 0) is 62.4 Å². The van der Waals surface area contributed by atoms with Gasteiger partial charge in [0.15, 0.2) is 5.11 Å². The van der Waals surface area contributed by atoms with Gasteiger partial charge < -0.3 is 10.6 Å². The average molecular weight is 261 g/mol. The molecule has 0 unspecified atom stereocenters. The summed E-state index contributed by atoms with van der Waals surface area (Å²) in [6.45, 7) is 1.98. The van der Waals surface area contributed by atoms with E-state index in [9.17, 15) is 0 Å². The largest absolute Gasteiger partial charge is 0.359 e. The fourth-order valence-electron chi connectivity index (χ4n) is 3.35. The number of anilines is 1. The van der Waals surface area contributed by atoms with E-state index in [0.29, 0.717) is 11.2 Å². The van der Waals surface area contributed by atoms with Crippen molar-refractivity contribution in [1.29, 1.82) is 0 Å². The number of rotatable bonds is 2. The Labute approximate surface area is 113 Å². The second kappa shape index (κ2) is 4.84. The van der Waals surface area contributed by atoms with Crippen molar-refractivity contribution >= 4 is 23.1 Å². The first kappa shape index (κ1) is 11.9. The van der Waals surface area contributed by atoms with Gasteiger partial charge in [0.2, 0.25) is 0 Å². The Balaban J connectivity index is 1.56.